The Morgan fingerprint density at radius 1 is 1.00 bits per heavy atom. The molecule has 1 fully saturated rings. The van der Waals surface area contributed by atoms with Crippen molar-refractivity contribution in [3.63, 3.8) is 0 Å². The maximum absolute atomic E-state index is 13.1. The monoisotopic (exact) mass is 420 g/mol. The summed E-state index contributed by atoms with van der Waals surface area (Å²) in [5, 5.41) is 2.97. The molecule has 0 heterocycles. The number of nitrogens with one attached hydrogen (secondary N) is 1. The fraction of sp³-hybridized carbons (Fsp3) is 0.524. The first kappa shape index (κ1) is 23.2. The van der Waals surface area contributed by atoms with Crippen LogP contribution in [0.25, 0.3) is 0 Å². The van der Waals surface area contributed by atoms with Gasteiger partial charge in [-0.2, -0.15) is 0 Å². The van der Waals surface area contributed by atoms with Crippen LogP contribution < -0.4 is 19.7 Å². The number of benzene rings is 1. The maximum Gasteiger partial charge on any atom is 0.328 e. The summed E-state index contributed by atoms with van der Waals surface area (Å²) in [5.41, 5.74) is 0.286. The Labute approximate surface area is 175 Å². The van der Waals surface area contributed by atoms with Crippen LogP contribution in [0, 0.1) is 0 Å². The molecule has 9 nitrogen and oxygen atoms in total. The summed E-state index contributed by atoms with van der Waals surface area (Å²) >= 11 is 0. The second-order valence-electron chi connectivity index (χ2n) is 7.17. The van der Waals surface area contributed by atoms with Crippen molar-refractivity contribution >= 4 is 29.6 Å². The zero-order valence-corrected chi connectivity index (χ0v) is 17.7. The van der Waals surface area contributed by atoms with Gasteiger partial charge in [-0.15, -0.1) is 0 Å². The quantitative estimate of drug-likeness (QED) is 0.556. The van der Waals surface area contributed by atoms with Crippen molar-refractivity contribution in [2.75, 3.05) is 12.0 Å². The van der Waals surface area contributed by atoms with E-state index < -0.39 is 30.0 Å². The topological polar surface area (TPSA) is 111 Å². The summed E-state index contributed by atoms with van der Waals surface area (Å²) in [6, 6.07) is 2.90. The van der Waals surface area contributed by atoms with Crippen molar-refractivity contribution in [1.82, 2.24) is 5.32 Å². The number of anilines is 1. The zero-order chi connectivity index (χ0) is 22.3. The van der Waals surface area contributed by atoms with E-state index in [1.165, 1.54) is 51.0 Å². The van der Waals surface area contributed by atoms with Gasteiger partial charge in [-0.25, -0.2) is 9.59 Å². The molecule has 2 rings (SSSR count). The average Bonchev–Trinajstić information content (AvgIpc) is 2.69. The van der Waals surface area contributed by atoms with E-state index in [2.05, 4.69) is 5.32 Å². The Balaban J connectivity index is 2.40. The van der Waals surface area contributed by atoms with E-state index in [0.717, 1.165) is 32.1 Å². The van der Waals surface area contributed by atoms with Gasteiger partial charge in [0.2, 0.25) is 0 Å². The Morgan fingerprint density at radius 3 is 2.17 bits per heavy atom. The molecule has 2 amide bonds. The predicted octanol–water partition coefficient (Wildman–Crippen LogP) is 2.95. The molecule has 0 radical (unpaired) electrons. The Morgan fingerprint density at radius 2 is 1.60 bits per heavy atom. The van der Waals surface area contributed by atoms with Crippen LogP contribution in [0.2, 0.25) is 0 Å². The molecule has 0 spiro atoms. The molecule has 1 N–H and O–H groups in total. The van der Waals surface area contributed by atoms with Crippen molar-refractivity contribution in [3.8, 4) is 11.5 Å². The van der Waals surface area contributed by atoms with E-state index in [4.69, 9.17) is 14.2 Å². The Bertz CT molecular complexity index is 803. The zero-order valence-electron chi connectivity index (χ0n) is 17.7. The number of amides is 2. The number of esters is 3. The number of urea groups is 1. The summed E-state index contributed by atoms with van der Waals surface area (Å²) in [6.45, 7) is 3.96. The van der Waals surface area contributed by atoms with Crippen LogP contribution in [0.1, 0.15) is 52.9 Å². The van der Waals surface area contributed by atoms with Gasteiger partial charge in [0.05, 0.1) is 12.8 Å². The Kier molecular flexibility index (Phi) is 8.20. The van der Waals surface area contributed by atoms with Crippen molar-refractivity contribution in [1.29, 1.82) is 0 Å². The van der Waals surface area contributed by atoms with Gasteiger partial charge < -0.3 is 19.5 Å². The molecule has 1 aliphatic carbocycles. The van der Waals surface area contributed by atoms with Crippen LogP contribution in [-0.4, -0.2) is 43.1 Å². The van der Waals surface area contributed by atoms with Gasteiger partial charge in [-0.3, -0.25) is 14.5 Å². The molecule has 0 bridgehead atoms. The Hall–Kier alpha value is -3.10. The number of carbonyl (C=O) groups excluding carboxylic acids is 4. The first-order chi connectivity index (χ1) is 14.2. The second kappa shape index (κ2) is 10.6. The molecule has 0 aliphatic heterocycles. The molecule has 30 heavy (non-hydrogen) atoms. The molecule has 1 aliphatic rings. The molecule has 164 valence electrons. The minimum Gasteiger partial charge on any atom is -0.467 e. The van der Waals surface area contributed by atoms with Crippen LogP contribution in [0.15, 0.2) is 18.2 Å². The number of carbonyl (C=O) groups is 4. The third kappa shape index (κ3) is 6.20. The normalized spacial score (nSPS) is 14.9. The highest BCUT2D eigenvalue weighted by atomic mass is 16.6. The fourth-order valence-electron chi connectivity index (χ4n) is 3.40. The van der Waals surface area contributed by atoms with E-state index >= 15 is 0 Å². The van der Waals surface area contributed by atoms with Crippen LogP contribution >= 0.6 is 0 Å². The number of methoxy groups -OCH3 is 1. The lowest BCUT2D eigenvalue weighted by Gasteiger charge is -2.31. The first-order valence-electron chi connectivity index (χ1n) is 9.91. The minimum atomic E-state index is -0.941. The third-order valence-electron chi connectivity index (χ3n) is 4.79. The van der Waals surface area contributed by atoms with Gasteiger partial charge in [0.25, 0.3) is 0 Å². The van der Waals surface area contributed by atoms with E-state index in [1.54, 1.807) is 0 Å². The standard InChI is InChI=1S/C21H28N2O7/c1-13(20(26)28-4)23(21(27)22-16-8-6-5-7-9-16)17-10-11-18(29-14(2)24)19(12-17)30-15(3)25/h10-13,16H,5-9H2,1-4H3,(H,22,27). The highest BCUT2D eigenvalue weighted by molar-refractivity contribution is 5.99. The van der Waals surface area contributed by atoms with Gasteiger partial charge in [-0.1, -0.05) is 19.3 Å². The summed E-state index contributed by atoms with van der Waals surface area (Å²) in [5.74, 6) is -1.83. The molecule has 1 saturated carbocycles. The average molecular weight is 420 g/mol. The first-order valence-corrected chi connectivity index (χ1v) is 9.91. The molecule has 1 unspecified atom stereocenters. The van der Waals surface area contributed by atoms with E-state index in [0.29, 0.717) is 0 Å². The molecule has 0 aromatic heterocycles. The highest BCUT2D eigenvalue weighted by Crippen LogP contribution is 2.33. The summed E-state index contributed by atoms with van der Waals surface area (Å²) in [4.78, 5) is 49.3. The van der Waals surface area contributed by atoms with Crippen molar-refractivity contribution in [2.45, 2.75) is 65.0 Å². The van der Waals surface area contributed by atoms with Gasteiger partial charge in [0.15, 0.2) is 11.5 Å². The number of hydrogen-bond acceptors (Lipinski definition) is 7. The number of rotatable bonds is 6. The van der Waals surface area contributed by atoms with Gasteiger partial charge in [0, 0.05) is 26.0 Å². The fourth-order valence-corrected chi connectivity index (χ4v) is 3.40. The van der Waals surface area contributed by atoms with Crippen LogP contribution in [0.4, 0.5) is 10.5 Å². The minimum absolute atomic E-state index is 0.0202. The van der Waals surface area contributed by atoms with Crippen molar-refractivity contribution < 1.29 is 33.4 Å². The van der Waals surface area contributed by atoms with Crippen molar-refractivity contribution in [2.24, 2.45) is 0 Å². The summed E-state index contributed by atoms with van der Waals surface area (Å²) < 4.78 is 15.0. The van der Waals surface area contributed by atoms with Crippen LogP contribution in [0.5, 0.6) is 11.5 Å². The maximum atomic E-state index is 13.1. The van der Waals surface area contributed by atoms with Gasteiger partial charge in [0.1, 0.15) is 6.04 Å². The van der Waals surface area contributed by atoms with Crippen LogP contribution in [-0.2, 0) is 19.1 Å². The SMILES string of the molecule is COC(=O)C(C)N(C(=O)NC1CCCCC1)c1ccc(OC(C)=O)c(OC(C)=O)c1. The molecular formula is C21H28N2O7. The molecule has 9 heteroatoms. The molecule has 0 saturated heterocycles. The largest absolute Gasteiger partial charge is 0.467 e. The van der Waals surface area contributed by atoms with E-state index in [1.807, 2.05) is 0 Å². The molecule has 1 atom stereocenters. The number of ether oxygens (including phenoxy) is 3. The second-order valence-corrected chi connectivity index (χ2v) is 7.17. The lowest BCUT2D eigenvalue weighted by molar-refractivity contribution is -0.141. The lowest BCUT2D eigenvalue weighted by atomic mass is 9.96. The molecule has 1 aromatic rings. The smallest absolute Gasteiger partial charge is 0.328 e. The van der Waals surface area contributed by atoms with Gasteiger partial charge in [-0.05, 0) is 31.9 Å². The van der Waals surface area contributed by atoms with E-state index in [9.17, 15) is 19.2 Å². The highest BCUT2D eigenvalue weighted by Gasteiger charge is 2.31. The van der Waals surface area contributed by atoms with E-state index in [-0.39, 0.29) is 23.2 Å². The summed E-state index contributed by atoms with van der Waals surface area (Å²) in [7, 11) is 1.24. The lowest BCUT2D eigenvalue weighted by Crippen LogP contribution is -2.51. The number of nitrogens with zero attached hydrogens (tertiary/aromatic N) is 1. The van der Waals surface area contributed by atoms with Crippen molar-refractivity contribution in [3.05, 3.63) is 18.2 Å². The van der Waals surface area contributed by atoms with Gasteiger partial charge >= 0.3 is 23.9 Å². The molecule has 1 aromatic carbocycles. The number of hydrogen-bond donors (Lipinski definition) is 1. The third-order valence-corrected chi connectivity index (χ3v) is 4.79. The summed E-state index contributed by atoms with van der Waals surface area (Å²) in [6.07, 6.45) is 4.95. The predicted molar refractivity (Wildman–Crippen MR) is 108 cm³/mol. The molecular weight excluding hydrogens is 392 g/mol. The van der Waals surface area contributed by atoms with Crippen LogP contribution in [0.3, 0.4) is 0 Å².